The van der Waals surface area contributed by atoms with Gasteiger partial charge in [0, 0.05) is 18.8 Å². The van der Waals surface area contributed by atoms with Crippen molar-refractivity contribution < 1.29 is 9.90 Å². The topological polar surface area (TPSA) is 64.9 Å². The first-order valence-electron chi connectivity index (χ1n) is 9.13. The molecule has 1 heterocycles. The van der Waals surface area contributed by atoms with E-state index in [9.17, 15) is 9.90 Å². The number of carbonyl (C=O) groups is 1. The number of hydrogen-bond donors (Lipinski definition) is 2. The van der Waals surface area contributed by atoms with Crippen molar-refractivity contribution in [2.45, 2.75) is 32.6 Å². The number of rotatable bonds is 4. The van der Waals surface area contributed by atoms with Gasteiger partial charge in [0.15, 0.2) is 0 Å². The van der Waals surface area contributed by atoms with Gasteiger partial charge in [0.05, 0.1) is 11.3 Å². The van der Waals surface area contributed by atoms with Crippen LogP contribution >= 0.6 is 0 Å². The number of hydrogen-bond acceptors (Lipinski definition) is 4. The maximum Gasteiger partial charge on any atom is 0.275 e. The van der Waals surface area contributed by atoms with Crippen molar-refractivity contribution in [1.29, 1.82) is 0 Å². The molecule has 0 unspecified atom stereocenters. The maximum atomic E-state index is 12.1. The minimum Gasteiger partial charge on any atom is -0.507 e. The van der Waals surface area contributed by atoms with Crippen LogP contribution in [0.15, 0.2) is 53.6 Å². The zero-order valence-electron chi connectivity index (χ0n) is 15.1. The van der Waals surface area contributed by atoms with Gasteiger partial charge in [0.2, 0.25) is 0 Å². The lowest BCUT2D eigenvalue weighted by Crippen LogP contribution is -2.23. The Bertz CT molecular complexity index is 776. The largest absolute Gasteiger partial charge is 0.507 e. The van der Waals surface area contributed by atoms with Gasteiger partial charge in [-0.05, 0) is 49.6 Å². The highest BCUT2D eigenvalue weighted by atomic mass is 16.3. The first-order chi connectivity index (χ1) is 12.6. The van der Waals surface area contributed by atoms with Crippen LogP contribution < -0.4 is 10.3 Å². The van der Waals surface area contributed by atoms with Crippen LogP contribution in [0, 0.1) is 0 Å². The Morgan fingerprint density at radius 3 is 2.31 bits per heavy atom. The number of nitrogens with zero attached hydrogens (tertiary/aromatic N) is 2. The summed E-state index contributed by atoms with van der Waals surface area (Å²) in [5.41, 5.74) is 5.63. The van der Waals surface area contributed by atoms with E-state index in [1.807, 2.05) is 19.1 Å². The smallest absolute Gasteiger partial charge is 0.275 e. The number of phenols is 1. The molecule has 5 heteroatoms. The van der Waals surface area contributed by atoms with Gasteiger partial charge in [-0.15, -0.1) is 0 Å². The van der Waals surface area contributed by atoms with Crippen LogP contribution in [-0.4, -0.2) is 29.8 Å². The average molecular weight is 351 g/mol. The van der Waals surface area contributed by atoms with Crippen molar-refractivity contribution in [3.05, 3.63) is 59.7 Å². The van der Waals surface area contributed by atoms with E-state index in [2.05, 4.69) is 27.6 Å². The summed E-state index contributed by atoms with van der Waals surface area (Å²) in [7, 11) is 0. The molecule has 1 saturated heterocycles. The van der Waals surface area contributed by atoms with Crippen LogP contribution in [0.25, 0.3) is 0 Å². The fraction of sp³-hybridized carbons (Fsp3) is 0.333. The summed E-state index contributed by atoms with van der Waals surface area (Å²) in [5.74, 6) is -0.483. The molecule has 3 rings (SSSR count). The zero-order valence-corrected chi connectivity index (χ0v) is 15.1. The molecule has 5 nitrogen and oxygen atoms in total. The Hall–Kier alpha value is -2.82. The molecule has 2 N–H and O–H groups in total. The lowest BCUT2D eigenvalue weighted by atomic mass is 10.1. The van der Waals surface area contributed by atoms with Gasteiger partial charge in [-0.25, -0.2) is 5.43 Å². The van der Waals surface area contributed by atoms with Crippen LogP contribution in [0.3, 0.4) is 0 Å². The van der Waals surface area contributed by atoms with E-state index < -0.39 is 5.91 Å². The number of anilines is 1. The van der Waals surface area contributed by atoms with Gasteiger partial charge in [-0.2, -0.15) is 5.10 Å². The molecule has 2 aromatic carbocycles. The van der Waals surface area contributed by atoms with E-state index in [0.29, 0.717) is 0 Å². The second-order valence-electron chi connectivity index (χ2n) is 6.60. The second-order valence-corrected chi connectivity index (χ2v) is 6.60. The fourth-order valence-electron chi connectivity index (χ4n) is 3.17. The third kappa shape index (κ3) is 4.42. The van der Waals surface area contributed by atoms with Crippen molar-refractivity contribution in [3.63, 3.8) is 0 Å². The van der Waals surface area contributed by atoms with Crippen molar-refractivity contribution in [3.8, 4) is 5.75 Å². The molecule has 0 radical (unpaired) electrons. The molecule has 1 aliphatic heterocycles. The number of benzene rings is 2. The Balaban J connectivity index is 1.65. The van der Waals surface area contributed by atoms with Crippen LogP contribution in [0.1, 0.15) is 48.5 Å². The third-order valence-corrected chi connectivity index (χ3v) is 4.73. The summed E-state index contributed by atoms with van der Waals surface area (Å²) in [6.45, 7) is 4.08. The fourth-order valence-corrected chi connectivity index (χ4v) is 3.17. The predicted molar refractivity (Wildman–Crippen MR) is 105 cm³/mol. The maximum absolute atomic E-state index is 12.1. The van der Waals surface area contributed by atoms with Gasteiger partial charge < -0.3 is 10.0 Å². The number of amides is 1. The van der Waals surface area contributed by atoms with E-state index in [1.54, 1.807) is 18.2 Å². The summed E-state index contributed by atoms with van der Waals surface area (Å²) < 4.78 is 0. The van der Waals surface area contributed by atoms with Crippen LogP contribution in [-0.2, 0) is 0 Å². The van der Waals surface area contributed by atoms with Gasteiger partial charge in [-0.1, -0.05) is 37.1 Å². The van der Waals surface area contributed by atoms with Crippen LogP contribution in [0.4, 0.5) is 5.69 Å². The molecule has 0 spiro atoms. The van der Waals surface area contributed by atoms with Gasteiger partial charge in [0.25, 0.3) is 5.91 Å². The number of phenolic OH excluding ortho intramolecular Hbond substituents is 1. The molecule has 2 aromatic rings. The third-order valence-electron chi connectivity index (χ3n) is 4.73. The van der Waals surface area contributed by atoms with E-state index in [0.717, 1.165) is 24.4 Å². The summed E-state index contributed by atoms with van der Waals surface area (Å²) in [5, 5.41) is 13.9. The Labute approximate surface area is 154 Å². The van der Waals surface area contributed by atoms with Gasteiger partial charge in [0.1, 0.15) is 5.75 Å². The summed E-state index contributed by atoms with van der Waals surface area (Å²) in [4.78, 5) is 14.5. The molecular weight excluding hydrogens is 326 g/mol. The van der Waals surface area contributed by atoms with Crippen molar-refractivity contribution in [2.24, 2.45) is 5.10 Å². The van der Waals surface area contributed by atoms with Crippen molar-refractivity contribution in [2.75, 3.05) is 18.0 Å². The molecular formula is C21H25N3O2. The molecule has 0 aromatic heterocycles. The summed E-state index contributed by atoms with van der Waals surface area (Å²) >= 11 is 0. The van der Waals surface area contributed by atoms with Gasteiger partial charge >= 0.3 is 0 Å². The zero-order chi connectivity index (χ0) is 18.4. The Morgan fingerprint density at radius 1 is 1.00 bits per heavy atom. The minimum absolute atomic E-state index is 0.0559. The number of aromatic hydroxyl groups is 1. The lowest BCUT2D eigenvalue weighted by molar-refractivity contribution is 0.0952. The van der Waals surface area contributed by atoms with Crippen LogP contribution in [0.5, 0.6) is 5.75 Å². The van der Waals surface area contributed by atoms with Gasteiger partial charge in [-0.3, -0.25) is 4.79 Å². The number of carbonyl (C=O) groups excluding carboxylic acids is 1. The Morgan fingerprint density at radius 2 is 1.65 bits per heavy atom. The quantitative estimate of drug-likeness (QED) is 0.648. The van der Waals surface area contributed by atoms with E-state index in [4.69, 9.17) is 0 Å². The highest BCUT2D eigenvalue weighted by molar-refractivity contribution is 6.01. The molecule has 0 saturated carbocycles. The highest BCUT2D eigenvalue weighted by Crippen LogP contribution is 2.20. The molecule has 1 aliphatic rings. The monoisotopic (exact) mass is 351 g/mol. The van der Waals surface area contributed by atoms with Crippen molar-refractivity contribution in [1.82, 2.24) is 5.43 Å². The summed E-state index contributed by atoms with van der Waals surface area (Å²) in [6, 6.07) is 14.7. The Kier molecular flexibility index (Phi) is 5.89. The summed E-state index contributed by atoms with van der Waals surface area (Å²) in [6.07, 6.45) is 5.13. The predicted octanol–water partition coefficient (Wildman–Crippen LogP) is 3.93. The molecule has 136 valence electrons. The number of para-hydroxylation sites is 1. The van der Waals surface area contributed by atoms with Crippen LogP contribution in [0.2, 0.25) is 0 Å². The first kappa shape index (κ1) is 18.0. The molecule has 1 amide bonds. The first-order valence-corrected chi connectivity index (χ1v) is 9.13. The van der Waals surface area contributed by atoms with E-state index >= 15 is 0 Å². The van der Waals surface area contributed by atoms with E-state index in [-0.39, 0.29) is 11.3 Å². The standard InChI is InChI=1S/C21H25N3O2/c1-16(22-23-21(26)19-8-4-5-9-20(19)25)17-10-12-18(13-11-17)24-14-6-2-3-7-15-24/h4-5,8-13,25H,2-3,6-7,14-15H2,1H3,(H,23,26). The minimum atomic E-state index is -0.427. The SMILES string of the molecule is CC(=NNC(=O)c1ccccc1O)c1ccc(N2CCCCCC2)cc1. The highest BCUT2D eigenvalue weighted by Gasteiger charge is 2.11. The molecule has 0 aliphatic carbocycles. The van der Waals surface area contributed by atoms with E-state index in [1.165, 1.54) is 37.4 Å². The molecule has 26 heavy (non-hydrogen) atoms. The second kappa shape index (κ2) is 8.52. The average Bonchev–Trinajstić information content (AvgIpc) is 2.96. The molecule has 0 bridgehead atoms. The molecule has 0 atom stereocenters. The van der Waals surface area contributed by atoms with Crippen molar-refractivity contribution >= 4 is 17.3 Å². The normalized spacial score (nSPS) is 15.4. The number of hydrazone groups is 1. The number of nitrogens with one attached hydrogen (secondary N) is 1. The lowest BCUT2D eigenvalue weighted by Gasteiger charge is -2.22. The molecule has 1 fully saturated rings.